The van der Waals surface area contributed by atoms with Crippen LogP contribution >= 0.6 is 0 Å². The third-order valence-electron chi connectivity index (χ3n) is 5.05. The van der Waals surface area contributed by atoms with E-state index in [0.717, 1.165) is 16.9 Å². The molecule has 0 aliphatic carbocycles. The maximum Gasteiger partial charge on any atom is 0.338 e. The van der Waals surface area contributed by atoms with E-state index in [2.05, 4.69) is 51.1 Å². The van der Waals surface area contributed by atoms with E-state index in [9.17, 15) is 4.79 Å². The Morgan fingerprint density at radius 1 is 0.964 bits per heavy atom. The summed E-state index contributed by atoms with van der Waals surface area (Å²) in [6, 6.07) is 16.1. The van der Waals surface area contributed by atoms with E-state index in [-0.39, 0.29) is 5.97 Å². The van der Waals surface area contributed by atoms with Crippen molar-refractivity contribution in [3.8, 4) is 5.75 Å². The zero-order chi connectivity index (χ0) is 20.3. The molecule has 0 aliphatic heterocycles. The van der Waals surface area contributed by atoms with Crippen LogP contribution in [0.1, 0.15) is 46.5 Å². The molecule has 0 bridgehead atoms. The number of ether oxygens (including phenoxy) is 2. The molecule has 0 aliphatic rings. The van der Waals surface area contributed by atoms with E-state index in [1.165, 1.54) is 27.5 Å². The standard InChI is InChI=1S/C25H26O3/c1-6-28-25(26)20-9-7-19(8-10-20)13-16(2)21-11-12-22-18(4)24(27-5)14-17(3)23(22)15-21/h7-15H,6H2,1-5H3/b16-13+. The van der Waals surface area contributed by atoms with Crippen molar-refractivity contribution in [3.63, 3.8) is 0 Å². The van der Waals surface area contributed by atoms with Crippen molar-refractivity contribution in [1.29, 1.82) is 0 Å². The summed E-state index contributed by atoms with van der Waals surface area (Å²) in [7, 11) is 1.71. The molecule has 3 nitrogen and oxygen atoms in total. The lowest BCUT2D eigenvalue weighted by Gasteiger charge is -2.13. The number of esters is 1. The molecule has 0 unspecified atom stereocenters. The summed E-state index contributed by atoms with van der Waals surface area (Å²) in [4.78, 5) is 11.8. The average Bonchev–Trinajstić information content (AvgIpc) is 2.71. The highest BCUT2D eigenvalue weighted by Gasteiger charge is 2.09. The number of methoxy groups -OCH3 is 1. The van der Waals surface area contributed by atoms with E-state index >= 15 is 0 Å². The quantitative estimate of drug-likeness (QED) is 0.394. The predicted octanol–water partition coefficient (Wildman–Crippen LogP) is 6.20. The molecule has 0 N–H and O–H groups in total. The molecule has 144 valence electrons. The Morgan fingerprint density at radius 2 is 1.64 bits per heavy atom. The van der Waals surface area contributed by atoms with Gasteiger partial charge in [0.05, 0.1) is 19.3 Å². The number of carbonyl (C=O) groups excluding carboxylic acids is 1. The van der Waals surface area contributed by atoms with Gasteiger partial charge in [-0.1, -0.05) is 30.3 Å². The normalized spacial score (nSPS) is 11.5. The number of benzene rings is 3. The molecule has 0 aromatic heterocycles. The molecule has 3 rings (SSSR count). The second-order valence-corrected chi connectivity index (χ2v) is 6.95. The summed E-state index contributed by atoms with van der Waals surface area (Å²) in [5.74, 6) is 0.636. The Morgan fingerprint density at radius 3 is 2.29 bits per heavy atom. The molecule has 3 aromatic rings. The van der Waals surface area contributed by atoms with Gasteiger partial charge < -0.3 is 9.47 Å². The Balaban J connectivity index is 1.93. The molecule has 0 spiro atoms. The van der Waals surface area contributed by atoms with Gasteiger partial charge in [0.2, 0.25) is 0 Å². The first-order chi connectivity index (χ1) is 13.4. The molecular weight excluding hydrogens is 348 g/mol. The number of carbonyl (C=O) groups is 1. The number of aryl methyl sites for hydroxylation is 2. The van der Waals surface area contributed by atoms with Crippen LogP contribution in [0.3, 0.4) is 0 Å². The molecule has 3 heteroatoms. The Labute approximate surface area is 166 Å². The second kappa shape index (κ2) is 8.30. The lowest BCUT2D eigenvalue weighted by Crippen LogP contribution is -2.03. The predicted molar refractivity (Wildman–Crippen MR) is 116 cm³/mol. The molecule has 0 saturated heterocycles. The van der Waals surface area contributed by atoms with Gasteiger partial charge in [0.25, 0.3) is 0 Å². The van der Waals surface area contributed by atoms with Crippen LogP contribution in [-0.2, 0) is 4.74 Å². The number of fused-ring (bicyclic) bond motifs is 1. The van der Waals surface area contributed by atoms with Crippen molar-refractivity contribution >= 4 is 28.4 Å². The van der Waals surface area contributed by atoms with Crippen LogP contribution in [0.5, 0.6) is 5.75 Å². The average molecular weight is 374 g/mol. The lowest BCUT2D eigenvalue weighted by atomic mass is 9.95. The molecule has 28 heavy (non-hydrogen) atoms. The largest absolute Gasteiger partial charge is 0.496 e. The zero-order valence-electron chi connectivity index (χ0n) is 17.1. The van der Waals surface area contributed by atoms with Gasteiger partial charge in [-0.15, -0.1) is 0 Å². The topological polar surface area (TPSA) is 35.5 Å². The fraction of sp³-hybridized carbons (Fsp3) is 0.240. The second-order valence-electron chi connectivity index (χ2n) is 6.95. The minimum absolute atomic E-state index is 0.287. The smallest absolute Gasteiger partial charge is 0.338 e. The van der Waals surface area contributed by atoms with E-state index in [0.29, 0.717) is 12.2 Å². The number of hydrogen-bond acceptors (Lipinski definition) is 3. The zero-order valence-corrected chi connectivity index (χ0v) is 17.1. The summed E-state index contributed by atoms with van der Waals surface area (Å²) in [6.07, 6.45) is 2.13. The minimum atomic E-state index is -0.287. The molecular formula is C25H26O3. The van der Waals surface area contributed by atoms with E-state index in [1.54, 1.807) is 26.2 Å². The van der Waals surface area contributed by atoms with Gasteiger partial charge in [-0.25, -0.2) is 4.79 Å². The van der Waals surface area contributed by atoms with Gasteiger partial charge in [-0.3, -0.25) is 0 Å². The van der Waals surface area contributed by atoms with Gasteiger partial charge in [-0.2, -0.15) is 0 Å². The first-order valence-corrected chi connectivity index (χ1v) is 9.48. The number of rotatable bonds is 5. The van der Waals surface area contributed by atoms with Crippen LogP contribution in [-0.4, -0.2) is 19.7 Å². The minimum Gasteiger partial charge on any atom is -0.496 e. The SMILES string of the molecule is CCOC(=O)c1ccc(/C=C(\C)c2ccc3c(C)c(OC)cc(C)c3c2)cc1. The molecule has 0 atom stereocenters. The highest BCUT2D eigenvalue weighted by Crippen LogP contribution is 2.32. The maximum absolute atomic E-state index is 11.8. The molecule has 3 aromatic carbocycles. The van der Waals surface area contributed by atoms with Crippen molar-refractivity contribution < 1.29 is 14.3 Å². The highest BCUT2D eigenvalue weighted by molar-refractivity contribution is 5.94. The van der Waals surface area contributed by atoms with Crippen LogP contribution in [0.25, 0.3) is 22.4 Å². The van der Waals surface area contributed by atoms with Crippen LogP contribution in [0.2, 0.25) is 0 Å². The van der Waals surface area contributed by atoms with Gasteiger partial charge in [0.1, 0.15) is 5.75 Å². The summed E-state index contributed by atoms with van der Waals surface area (Å²) >= 11 is 0. The van der Waals surface area contributed by atoms with Gasteiger partial charge in [-0.05, 0) is 90.6 Å². The molecule has 0 amide bonds. The van der Waals surface area contributed by atoms with Crippen molar-refractivity contribution in [2.75, 3.05) is 13.7 Å². The number of allylic oxidation sites excluding steroid dienone is 1. The third kappa shape index (κ3) is 3.94. The highest BCUT2D eigenvalue weighted by atomic mass is 16.5. The van der Waals surface area contributed by atoms with Crippen LogP contribution in [0.15, 0.2) is 48.5 Å². The monoisotopic (exact) mass is 374 g/mol. The summed E-state index contributed by atoms with van der Waals surface area (Å²) in [6.45, 7) is 8.50. The molecule has 0 heterocycles. The summed E-state index contributed by atoms with van der Waals surface area (Å²) in [5.41, 5.74) is 6.32. The summed E-state index contributed by atoms with van der Waals surface area (Å²) in [5, 5.41) is 2.45. The van der Waals surface area contributed by atoms with Crippen molar-refractivity contribution in [1.82, 2.24) is 0 Å². The molecule has 0 saturated carbocycles. The first-order valence-electron chi connectivity index (χ1n) is 9.48. The molecule has 0 radical (unpaired) electrons. The first kappa shape index (κ1) is 19.7. The van der Waals surface area contributed by atoms with Crippen LogP contribution < -0.4 is 4.74 Å². The number of hydrogen-bond donors (Lipinski definition) is 0. The van der Waals surface area contributed by atoms with E-state index < -0.39 is 0 Å². The Kier molecular flexibility index (Phi) is 5.84. The van der Waals surface area contributed by atoms with Crippen LogP contribution in [0.4, 0.5) is 0 Å². The van der Waals surface area contributed by atoms with Crippen molar-refractivity contribution in [2.45, 2.75) is 27.7 Å². The Hall–Kier alpha value is -3.07. The third-order valence-corrected chi connectivity index (χ3v) is 5.05. The van der Waals surface area contributed by atoms with Crippen molar-refractivity contribution in [2.24, 2.45) is 0 Å². The van der Waals surface area contributed by atoms with E-state index in [1.807, 2.05) is 12.1 Å². The maximum atomic E-state index is 11.8. The van der Waals surface area contributed by atoms with Gasteiger partial charge in [0.15, 0.2) is 0 Å². The fourth-order valence-electron chi connectivity index (χ4n) is 3.43. The fourth-order valence-corrected chi connectivity index (χ4v) is 3.43. The lowest BCUT2D eigenvalue weighted by molar-refractivity contribution is 0.0526. The van der Waals surface area contributed by atoms with Crippen LogP contribution in [0, 0.1) is 13.8 Å². The van der Waals surface area contributed by atoms with Gasteiger partial charge in [0, 0.05) is 0 Å². The van der Waals surface area contributed by atoms with E-state index in [4.69, 9.17) is 9.47 Å². The molecule has 0 fully saturated rings. The Bertz CT molecular complexity index is 1040. The summed E-state index contributed by atoms with van der Waals surface area (Å²) < 4.78 is 10.5. The van der Waals surface area contributed by atoms with Gasteiger partial charge >= 0.3 is 5.97 Å². The van der Waals surface area contributed by atoms with Crippen molar-refractivity contribution in [3.05, 3.63) is 76.3 Å².